The molecule has 0 aliphatic heterocycles. The third-order valence-corrected chi connectivity index (χ3v) is 6.19. The topological polar surface area (TPSA) is 69.0 Å². The summed E-state index contributed by atoms with van der Waals surface area (Å²) in [4.78, 5) is 2.28. The summed E-state index contributed by atoms with van der Waals surface area (Å²) in [7, 11) is 3.53. The number of methoxy groups -OCH3 is 1. The van der Waals surface area contributed by atoms with Crippen molar-refractivity contribution in [1.82, 2.24) is 14.7 Å². The fraction of sp³-hybridized carbons (Fsp3) is 0.483. The third kappa shape index (κ3) is 7.32. The van der Waals surface area contributed by atoms with E-state index in [-0.39, 0.29) is 6.04 Å². The molecule has 0 aliphatic rings. The monoisotopic (exact) mass is 495 g/mol. The zero-order chi connectivity index (χ0) is 26.1. The molecule has 1 N–H and O–H groups in total. The second kappa shape index (κ2) is 13.4. The van der Waals surface area contributed by atoms with Gasteiger partial charge in [0.15, 0.2) is 11.5 Å². The Morgan fingerprint density at radius 2 is 1.64 bits per heavy atom. The van der Waals surface area contributed by atoms with Crippen LogP contribution in [0.5, 0.6) is 17.4 Å². The highest BCUT2D eigenvalue weighted by molar-refractivity contribution is 5.66. The SMILES string of the molecule is CCC(C)N(Cc1c(-c2ccccc2)nn(C)c1Oc1ccccc1OC)CC(O)COCC(C)C. The van der Waals surface area contributed by atoms with E-state index >= 15 is 0 Å². The maximum absolute atomic E-state index is 10.8. The fourth-order valence-electron chi connectivity index (χ4n) is 4.08. The first-order valence-corrected chi connectivity index (χ1v) is 12.8. The maximum atomic E-state index is 10.8. The Morgan fingerprint density at radius 3 is 2.28 bits per heavy atom. The lowest BCUT2D eigenvalue weighted by molar-refractivity contribution is 0.0000398. The van der Waals surface area contributed by atoms with E-state index < -0.39 is 6.10 Å². The summed E-state index contributed by atoms with van der Waals surface area (Å²) in [5.74, 6) is 2.36. The summed E-state index contributed by atoms with van der Waals surface area (Å²) in [5, 5.41) is 15.6. The van der Waals surface area contributed by atoms with E-state index in [1.807, 2.05) is 49.5 Å². The minimum atomic E-state index is -0.590. The lowest BCUT2D eigenvalue weighted by Crippen LogP contribution is -2.40. The second-order valence-electron chi connectivity index (χ2n) is 9.65. The molecular formula is C29H41N3O4. The molecule has 0 aliphatic carbocycles. The molecule has 1 heterocycles. The smallest absolute Gasteiger partial charge is 0.222 e. The summed E-state index contributed by atoms with van der Waals surface area (Å²) >= 11 is 0. The summed E-state index contributed by atoms with van der Waals surface area (Å²) in [6.45, 7) is 10.6. The van der Waals surface area contributed by atoms with Crippen LogP contribution in [0.1, 0.15) is 39.7 Å². The predicted octanol–water partition coefficient (Wildman–Crippen LogP) is 5.52. The molecule has 0 bridgehead atoms. The molecule has 196 valence electrons. The Hall–Kier alpha value is -2.87. The Morgan fingerprint density at radius 1 is 0.972 bits per heavy atom. The lowest BCUT2D eigenvalue weighted by Gasteiger charge is -2.30. The molecule has 0 saturated carbocycles. The summed E-state index contributed by atoms with van der Waals surface area (Å²) in [6.07, 6.45) is 0.358. The zero-order valence-corrected chi connectivity index (χ0v) is 22.5. The van der Waals surface area contributed by atoms with Crippen molar-refractivity contribution in [3.63, 3.8) is 0 Å². The van der Waals surface area contributed by atoms with Gasteiger partial charge in [-0.3, -0.25) is 4.90 Å². The van der Waals surface area contributed by atoms with Crippen molar-refractivity contribution < 1.29 is 19.3 Å². The molecule has 36 heavy (non-hydrogen) atoms. The number of aliphatic hydroxyl groups excluding tert-OH is 1. The first kappa shape index (κ1) is 27.7. The minimum absolute atomic E-state index is 0.243. The third-order valence-electron chi connectivity index (χ3n) is 6.19. The van der Waals surface area contributed by atoms with Crippen LogP contribution in [0.4, 0.5) is 0 Å². The molecule has 0 amide bonds. The van der Waals surface area contributed by atoms with E-state index in [2.05, 4.69) is 44.7 Å². The van der Waals surface area contributed by atoms with E-state index in [4.69, 9.17) is 19.3 Å². The van der Waals surface area contributed by atoms with E-state index in [0.29, 0.717) is 49.6 Å². The number of hydrogen-bond acceptors (Lipinski definition) is 6. The van der Waals surface area contributed by atoms with Crippen LogP contribution in [-0.4, -0.2) is 58.8 Å². The van der Waals surface area contributed by atoms with Crippen LogP contribution >= 0.6 is 0 Å². The Kier molecular flexibility index (Phi) is 10.3. The minimum Gasteiger partial charge on any atom is -0.493 e. The van der Waals surface area contributed by atoms with E-state index in [0.717, 1.165) is 23.2 Å². The molecule has 0 saturated heterocycles. The van der Waals surface area contributed by atoms with Crippen LogP contribution in [0, 0.1) is 5.92 Å². The molecule has 3 rings (SSSR count). The van der Waals surface area contributed by atoms with Gasteiger partial charge in [0.25, 0.3) is 0 Å². The van der Waals surface area contributed by atoms with Gasteiger partial charge in [0.05, 0.1) is 25.4 Å². The molecule has 0 radical (unpaired) electrons. The fourth-order valence-corrected chi connectivity index (χ4v) is 4.08. The van der Waals surface area contributed by atoms with Gasteiger partial charge in [-0.05, 0) is 31.4 Å². The van der Waals surface area contributed by atoms with E-state index in [1.54, 1.807) is 11.8 Å². The second-order valence-corrected chi connectivity index (χ2v) is 9.65. The molecule has 0 spiro atoms. The quantitative estimate of drug-likeness (QED) is 0.318. The zero-order valence-electron chi connectivity index (χ0n) is 22.5. The molecule has 2 aromatic carbocycles. The van der Waals surface area contributed by atoms with Crippen LogP contribution in [0.25, 0.3) is 11.3 Å². The van der Waals surface area contributed by atoms with Crippen LogP contribution in [-0.2, 0) is 18.3 Å². The van der Waals surface area contributed by atoms with E-state index in [1.165, 1.54) is 0 Å². The first-order valence-electron chi connectivity index (χ1n) is 12.8. The molecule has 3 aromatic rings. The molecule has 2 atom stereocenters. The van der Waals surface area contributed by atoms with Crippen LogP contribution in [0.15, 0.2) is 54.6 Å². The maximum Gasteiger partial charge on any atom is 0.222 e. The van der Waals surface area contributed by atoms with E-state index in [9.17, 15) is 5.11 Å². The van der Waals surface area contributed by atoms with Crippen molar-refractivity contribution in [3.05, 3.63) is 60.2 Å². The number of ether oxygens (including phenoxy) is 3. The lowest BCUT2D eigenvalue weighted by atomic mass is 10.1. The van der Waals surface area contributed by atoms with Gasteiger partial charge in [-0.15, -0.1) is 0 Å². The number of nitrogens with zero attached hydrogens (tertiary/aromatic N) is 3. The molecule has 1 aromatic heterocycles. The van der Waals surface area contributed by atoms with Gasteiger partial charge in [0, 0.05) is 38.3 Å². The first-order chi connectivity index (χ1) is 17.3. The summed E-state index contributed by atoms with van der Waals surface area (Å²) < 4.78 is 19.5. The van der Waals surface area contributed by atoms with Gasteiger partial charge in [0.2, 0.25) is 5.88 Å². The number of aryl methyl sites for hydroxylation is 1. The van der Waals surface area contributed by atoms with Gasteiger partial charge < -0.3 is 19.3 Å². The van der Waals surface area contributed by atoms with Gasteiger partial charge in [-0.25, -0.2) is 4.68 Å². The molecule has 2 unspecified atom stereocenters. The molecule has 0 fully saturated rings. The molecule has 7 heteroatoms. The Balaban J connectivity index is 1.96. The van der Waals surface area contributed by atoms with Gasteiger partial charge in [0.1, 0.15) is 5.69 Å². The normalized spacial score (nSPS) is 13.2. The highest BCUT2D eigenvalue weighted by Crippen LogP contribution is 2.37. The van der Waals surface area contributed by atoms with Gasteiger partial charge in [-0.1, -0.05) is 63.2 Å². The van der Waals surface area contributed by atoms with Crippen LogP contribution in [0.3, 0.4) is 0 Å². The number of para-hydroxylation sites is 2. The van der Waals surface area contributed by atoms with Gasteiger partial charge in [-0.2, -0.15) is 5.10 Å². The molecule has 7 nitrogen and oxygen atoms in total. The predicted molar refractivity (Wildman–Crippen MR) is 144 cm³/mol. The van der Waals surface area contributed by atoms with Crippen molar-refractivity contribution in [1.29, 1.82) is 0 Å². The number of hydrogen-bond donors (Lipinski definition) is 1. The Bertz CT molecular complexity index is 1070. The average Bonchev–Trinajstić information content (AvgIpc) is 3.18. The van der Waals surface area contributed by atoms with Crippen molar-refractivity contribution in [3.8, 4) is 28.6 Å². The largest absolute Gasteiger partial charge is 0.493 e. The summed E-state index contributed by atoms with van der Waals surface area (Å²) in [5.41, 5.74) is 2.84. The van der Waals surface area contributed by atoms with Crippen LogP contribution < -0.4 is 9.47 Å². The average molecular weight is 496 g/mol. The standard InChI is InChI=1S/C29H41N3O4/c1-7-22(4)32(17-24(33)20-35-19-21(2)3)18-25-28(23-13-9-8-10-14-23)30-31(5)29(25)36-27-16-12-11-15-26(27)34-6/h8-16,21-22,24,33H,7,17-20H2,1-6H3. The van der Waals surface area contributed by atoms with Crippen molar-refractivity contribution in [2.75, 3.05) is 26.9 Å². The number of aliphatic hydroxyl groups is 1. The number of benzene rings is 2. The van der Waals surface area contributed by atoms with Crippen molar-refractivity contribution in [2.24, 2.45) is 13.0 Å². The molecular weight excluding hydrogens is 454 g/mol. The van der Waals surface area contributed by atoms with Crippen LogP contribution in [0.2, 0.25) is 0 Å². The number of aromatic nitrogens is 2. The summed E-state index contributed by atoms with van der Waals surface area (Å²) in [6, 6.07) is 18.0. The van der Waals surface area contributed by atoms with Gasteiger partial charge >= 0.3 is 0 Å². The Labute approximate surface area is 215 Å². The van der Waals surface area contributed by atoms with Crippen molar-refractivity contribution in [2.45, 2.75) is 52.8 Å². The van der Waals surface area contributed by atoms with Crippen molar-refractivity contribution >= 4 is 0 Å². The highest BCUT2D eigenvalue weighted by Gasteiger charge is 2.26. The number of rotatable bonds is 14. The highest BCUT2D eigenvalue weighted by atomic mass is 16.5.